The lowest BCUT2D eigenvalue weighted by Gasteiger charge is -2.26. The molecule has 0 bridgehead atoms. The number of nitrogens with zero attached hydrogens (tertiary/aromatic N) is 2. The third-order valence-corrected chi connectivity index (χ3v) is 4.74. The summed E-state index contributed by atoms with van der Waals surface area (Å²) in [5.74, 6) is 0. The summed E-state index contributed by atoms with van der Waals surface area (Å²) >= 11 is 14.6. The molecule has 0 aliphatic carbocycles. The number of hydrogen-bond donors (Lipinski definition) is 0. The molecule has 0 amide bonds. The van der Waals surface area contributed by atoms with E-state index in [1.807, 2.05) is 31.3 Å². The fraction of sp³-hybridized carbons (Fsp3) is 0.250. The van der Waals surface area contributed by atoms with Crippen LogP contribution in [0.3, 0.4) is 0 Å². The molecule has 1 aromatic rings. The SMILES string of the molecule is CC1=C(I)N(Cc2c(Cl)cccc2Cl)CC=N1. The van der Waals surface area contributed by atoms with Gasteiger partial charge in [-0.15, -0.1) is 0 Å². The fourth-order valence-electron chi connectivity index (χ4n) is 1.65. The van der Waals surface area contributed by atoms with Crippen molar-refractivity contribution >= 4 is 52.0 Å². The van der Waals surface area contributed by atoms with Gasteiger partial charge in [0.15, 0.2) is 0 Å². The van der Waals surface area contributed by atoms with E-state index in [9.17, 15) is 0 Å². The van der Waals surface area contributed by atoms with Crippen molar-refractivity contribution in [2.45, 2.75) is 13.5 Å². The molecule has 0 spiro atoms. The first kappa shape index (κ1) is 13.2. The van der Waals surface area contributed by atoms with Crippen LogP contribution in [0.15, 0.2) is 32.6 Å². The Morgan fingerprint density at radius 3 is 2.65 bits per heavy atom. The summed E-state index contributed by atoms with van der Waals surface area (Å²) in [6.45, 7) is 3.50. The first-order valence-corrected chi connectivity index (χ1v) is 7.00. The highest BCUT2D eigenvalue weighted by atomic mass is 127. The lowest BCUT2D eigenvalue weighted by atomic mass is 10.2. The van der Waals surface area contributed by atoms with E-state index in [0.717, 1.165) is 21.5 Å². The van der Waals surface area contributed by atoms with Crippen molar-refractivity contribution < 1.29 is 0 Å². The zero-order valence-corrected chi connectivity index (χ0v) is 12.9. The van der Waals surface area contributed by atoms with E-state index < -0.39 is 0 Å². The molecule has 0 fully saturated rings. The molecule has 0 radical (unpaired) electrons. The highest BCUT2D eigenvalue weighted by Crippen LogP contribution is 2.29. The summed E-state index contributed by atoms with van der Waals surface area (Å²) in [6.07, 6.45) is 1.91. The van der Waals surface area contributed by atoms with Crippen molar-refractivity contribution in [3.63, 3.8) is 0 Å². The van der Waals surface area contributed by atoms with Crippen molar-refractivity contribution in [2.75, 3.05) is 6.54 Å². The van der Waals surface area contributed by atoms with Crippen molar-refractivity contribution in [2.24, 2.45) is 4.99 Å². The van der Waals surface area contributed by atoms with Crippen molar-refractivity contribution in [3.05, 3.63) is 43.2 Å². The quantitative estimate of drug-likeness (QED) is 0.544. The number of halogens is 3. The minimum Gasteiger partial charge on any atom is -0.355 e. The molecule has 1 aliphatic heterocycles. The second-order valence-corrected chi connectivity index (χ2v) is 5.60. The lowest BCUT2D eigenvalue weighted by molar-refractivity contribution is 0.409. The van der Waals surface area contributed by atoms with Crippen molar-refractivity contribution in [3.8, 4) is 0 Å². The van der Waals surface area contributed by atoms with Gasteiger partial charge in [-0.2, -0.15) is 0 Å². The Balaban J connectivity index is 2.25. The summed E-state index contributed by atoms with van der Waals surface area (Å²) < 4.78 is 1.14. The summed E-state index contributed by atoms with van der Waals surface area (Å²) in [7, 11) is 0. The maximum atomic E-state index is 6.17. The van der Waals surface area contributed by atoms with Gasteiger partial charge >= 0.3 is 0 Å². The molecule has 0 atom stereocenters. The first-order chi connectivity index (χ1) is 8.09. The maximum Gasteiger partial charge on any atom is 0.0979 e. The second-order valence-electron chi connectivity index (χ2n) is 3.77. The van der Waals surface area contributed by atoms with Gasteiger partial charge in [-0.05, 0) is 41.6 Å². The van der Waals surface area contributed by atoms with Crippen LogP contribution in [0.5, 0.6) is 0 Å². The zero-order valence-electron chi connectivity index (χ0n) is 9.25. The number of hydrogen-bond acceptors (Lipinski definition) is 2. The normalized spacial score (nSPS) is 15.6. The molecule has 1 aromatic carbocycles. The smallest absolute Gasteiger partial charge is 0.0979 e. The van der Waals surface area contributed by atoms with E-state index in [4.69, 9.17) is 23.2 Å². The second kappa shape index (κ2) is 5.59. The molecule has 0 saturated carbocycles. The Labute approximate surface area is 124 Å². The largest absolute Gasteiger partial charge is 0.355 e. The minimum absolute atomic E-state index is 0.708. The van der Waals surface area contributed by atoms with Gasteiger partial charge in [-0.25, -0.2) is 0 Å². The Morgan fingerprint density at radius 1 is 1.35 bits per heavy atom. The van der Waals surface area contributed by atoms with Gasteiger partial charge < -0.3 is 4.90 Å². The molecule has 0 aromatic heterocycles. The van der Waals surface area contributed by atoms with Crippen LogP contribution in [0.25, 0.3) is 0 Å². The van der Waals surface area contributed by atoms with Gasteiger partial charge in [0.2, 0.25) is 0 Å². The third kappa shape index (κ3) is 2.95. The van der Waals surface area contributed by atoms with Crippen LogP contribution in [0.4, 0.5) is 0 Å². The molecule has 1 heterocycles. The summed E-state index contributed by atoms with van der Waals surface area (Å²) in [6, 6.07) is 5.59. The van der Waals surface area contributed by atoms with Crippen molar-refractivity contribution in [1.82, 2.24) is 4.90 Å². The van der Waals surface area contributed by atoms with E-state index in [-0.39, 0.29) is 0 Å². The number of allylic oxidation sites excluding steroid dienone is 1. The minimum atomic E-state index is 0.708. The maximum absolute atomic E-state index is 6.17. The molecular weight excluding hydrogens is 370 g/mol. The van der Waals surface area contributed by atoms with Crippen LogP contribution in [0.1, 0.15) is 12.5 Å². The fourth-order valence-corrected chi connectivity index (χ4v) is 2.67. The Bertz CT molecular complexity index is 477. The van der Waals surface area contributed by atoms with Crippen LogP contribution in [0.2, 0.25) is 10.0 Å². The Morgan fingerprint density at radius 2 is 2.00 bits per heavy atom. The molecule has 0 saturated heterocycles. The van der Waals surface area contributed by atoms with E-state index >= 15 is 0 Å². The van der Waals surface area contributed by atoms with Gasteiger partial charge in [-0.3, -0.25) is 4.99 Å². The molecule has 17 heavy (non-hydrogen) atoms. The van der Waals surface area contributed by atoms with Crippen LogP contribution in [0, 0.1) is 0 Å². The van der Waals surface area contributed by atoms with Gasteiger partial charge in [0.1, 0.15) is 0 Å². The van der Waals surface area contributed by atoms with Gasteiger partial charge in [0.05, 0.1) is 15.9 Å². The number of aliphatic imine (C=N–C) groups is 1. The molecule has 2 rings (SSSR count). The van der Waals surface area contributed by atoms with Gasteiger partial charge in [0.25, 0.3) is 0 Å². The summed E-state index contributed by atoms with van der Waals surface area (Å²) in [5.41, 5.74) is 1.99. The molecule has 1 aliphatic rings. The lowest BCUT2D eigenvalue weighted by Crippen LogP contribution is -2.25. The third-order valence-electron chi connectivity index (χ3n) is 2.57. The molecule has 0 N–H and O–H groups in total. The van der Waals surface area contributed by atoms with Crippen LogP contribution < -0.4 is 0 Å². The van der Waals surface area contributed by atoms with E-state index in [2.05, 4.69) is 32.5 Å². The highest BCUT2D eigenvalue weighted by Gasteiger charge is 2.16. The van der Waals surface area contributed by atoms with Gasteiger partial charge in [-0.1, -0.05) is 29.3 Å². The highest BCUT2D eigenvalue weighted by molar-refractivity contribution is 14.1. The predicted molar refractivity (Wildman–Crippen MR) is 82.1 cm³/mol. The molecule has 2 nitrogen and oxygen atoms in total. The first-order valence-electron chi connectivity index (χ1n) is 5.16. The van der Waals surface area contributed by atoms with E-state index in [1.54, 1.807) is 0 Å². The monoisotopic (exact) mass is 380 g/mol. The standard InChI is InChI=1S/C12H11Cl2IN2/c1-8-12(15)17(6-5-16-8)7-9-10(13)3-2-4-11(9)14/h2-5H,6-7H2,1H3. The van der Waals surface area contributed by atoms with Crippen LogP contribution in [-0.2, 0) is 6.54 Å². The van der Waals surface area contributed by atoms with Crippen molar-refractivity contribution in [1.29, 1.82) is 0 Å². The summed E-state index contributed by atoms with van der Waals surface area (Å²) in [5, 5.41) is 1.42. The number of benzene rings is 1. The topological polar surface area (TPSA) is 15.6 Å². The van der Waals surface area contributed by atoms with E-state index in [0.29, 0.717) is 16.6 Å². The zero-order chi connectivity index (χ0) is 12.4. The van der Waals surface area contributed by atoms with Crippen LogP contribution in [-0.4, -0.2) is 17.7 Å². The number of rotatable bonds is 2. The molecule has 5 heteroatoms. The molecule has 0 unspecified atom stereocenters. The Hall–Kier alpha value is -0.260. The average molecular weight is 381 g/mol. The Kier molecular flexibility index (Phi) is 4.33. The van der Waals surface area contributed by atoms with E-state index in [1.165, 1.54) is 0 Å². The summed E-state index contributed by atoms with van der Waals surface area (Å²) in [4.78, 5) is 6.49. The molecular formula is C12H11Cl2IN2. The van der Waals surface area contributed by atoms with Gasteiger partial charge in [0, 0.05) is 28.4 Å². The van der Waals surface area contributed by atoms with Crippen LogP contribution >= 0.6 is 45.8 Å². The predicted octanol–water partition coefficient (Wildman–Crippen LogP) is 4.50. The average Bonchev–Trinajstić information content (AvgIpc) is 2.29. The molecule has 90 valence electrons.